The number of rotatable bonds is 4. The normalized spacial score (nSPS) is 17.8. The van der Waals surface area contributed by atoms with Crippen molar-refractivity contribution in [2.24, 2.45) is 4.99 Å². The van der Waals surface area contributed by atoms with Crippen LogP contribution in [-0.2, 0) is 0 Å². The third-order valence-electron chi connectivity index (χ3n) is 3.46. The van der Waals surface area contributed by atoms with Gasteiger partial charge in [0.25, 0.3) is 0 Å². The summed E-state index contributed by atoms with van der Waals surface area (Å²) in [5.74, 6) is 0. The minimum Gasteiger partial charge on any atom is -0.309 e. The third-order valence-corrected chi connectivity index (χ3v) is 4.15. The summed E-state index contributed by atoms with van der Waals surface area (Å²) >= 11 is 1.75. The van der Waals surface area contributed by atoms with Crippen molar-refractivity contribution < 1.29 is 0 Å². The Kier molecular flexibility index (Phi) is 3.49. The molecule has 0 N–H and O–H groups in total. The van der Waals surface area contributed by atoms with Gasteiger partial charge in [-0.3, -0.25) is 4.99 Å². The topological polar surface area (TPSA) is 15.6 Å². The van der Waals surface area contributed by atoms with Crippen molar-refractivity contribution >= 4 is 22.6 Å². The van der Waals surface area contributed by atoms with Gasteiger partial charge in [0, 0.05) is 25.1 Å². The lowest BCUT2D eigenvalue weighted by Gasteiger charge is -2.11. The van der Waals surface area contributed by atoms with Gasteiger partial charge in [0.2, 0.25) is 0 Å². The van der Waals surface area contributed by atoms with E-state index < -0.39 is 0 Å². The van der Waals surface area contributed by atoms with Crippen LogP contribution in [0, 0.1) is 0 Å². The lowest BCUT2D eigenvalue weighted by atomic mass is 9.94. The molecule has 3 rings (SSSR count). The fraction of sp³-hybridized carbons (Fsp3) is 0.312. The summed E-state index contributed by atoms with van der Waals surface area (Å²) < 4.78 is 0. The van der Waals surface area contributed by atoms with E-state index in [2.05, 4.69) is 54.0 Å². The van der Waals surface area contributed by atoms with Crippen molar-refractivity contribution in [3.63, 3.8) is 0 Å². The van der Waals surface area contributed by atoms with E-state index in [1.807, 2.05) is 0 Å². The number of aliphatic imine (C=N–C) groups is 1. The fourth-order valence-corrected chi connectivity index (χ4v) is 3.04. The highest BCUT2D eigenvalue weighted by Crippen LogP contribution is 2.31. The van der Waals surface area contributed by atoms with Gasteiger partial charge in [-0.15, -0.1) is 0 Å². The molecular formula is C16H18N2S. The molecule has 1 aliphatic carbocycles. The second-order valence-corrected chi connectivity index (χ2v) is 6.03. The first-order valence-electron chi connectivity index (χ1n) is 6.59. The maximum absolute atomic E-state index is 4.79. The van der Waals surface area contributed by atoms with Crippen LogP contribution in [0.4, 0.5) is 0 Å². The van der Waals surface area contributed by atoms with Crippen LogP contribution in [-0.4, -0.2) is 31.3 Å². The second kappa shape index (κ2) is 5.27. The number of hydrogen-bond acceptors (Lipinski definition) is 3. The highest BCUT2D eigenvalue weighted by Gasteiger charge is 2.19. The second-order valence-electron chi connectivity index (χ2n) is 5.25. The third kappa shape index (κ3) is 2.77. The van der Waals surface area contributed by atoms with E-state index in [4.69, 9.17) is 4.99 Å². The van der Waals surface area contributed by atoms with Crippen LogP contribution in [0.3, 0.4) is 0 Å². The number of hydrogen-bond donors (Lipinski definition) is 0. The Morgan fingerprint density at radius 1 is 1.32 bits per heavy atom. The molecule has 1 aromatic heterocycles. The van der Waals surface area contributed by atoms with E-state index in [0.29, 0.717) is 0 Å². The van der Waals surface area contributed by atoms with E-state index in [1.54, 1.807) is 11.3 Å². The number of nitrogens with zero attached hydrogens (tertiary/aromatic N) is 2. The number of fused-ring (bicyclic) bond motifs is 1. The summed E-state index contributed by atoms with van der Waals surface area (Å²) in [4.78, 5) is 6.99. The van der Waals surface area contributed by atoms with Gasteiger partial charge < -0.3 is 4.90 Å². The highest BCUT2D eigenvalue weighted by molar-refractivity contribution is 7.08. The highest BCUT2D eigenvalue weighted by atomic mass is 32.1. The Morgan fingerprint density at radius 2 is 2.21 bits per heavy atom. The SMILES string of the molecule is CN(C)CCC1=CC2=CC=C(c3ccsc3)CC2=N1. The predicted molar refractivity (Wildman–Crippen MR) is 83.7 cm³/mol. The molecular weight excluding hydrogens is 252 g/mol. The molecule has 0 bridgehead atoms. The standard InChI is InChI=1S/C16H18N2S/c1-18(2)7-5-15-9-13-4-3-12(10-16(13)17-15)14-6-8-19-11-14/h3-4,6,8-9,11H,5,7,10H2,1-2H3. The van der Waals surface area contributed by atoms with Crippen LogP contribution in [0.15, 0.2) is 51.3 Å². The average molecular weight is 270 g/mol. The minimum atomic E-state index is 0.963. The van der Waals surface area contributed by atoms with Crippen molar-refractivity contribution in [3.05, 3.63) is 51.9 Å². The van der Waals surface area contributed by atoms with Crippen molar-refractivity contribution in [3.8, 4) is 0 Å². The molecule has 0 fully saturated rings. The number of thiophene rings is 1. The fourth-order valence-electron chi connectivity index (χ4n) is 2.36. The van der Waals surface area contributed by atoms with Crippen molar-refractivity contribution in [1.82, 2.24) is 4.90 Å². The molecule has 0 amide bonds. The zero-order valence-corrected chi connectivity index (χ0v) is 12.2. The molecule has 0 aromatic carbocycles. The van der Waals surface area contributed by atoms with Crippen molar-refractivity contribution in [2.75, 3.05) is 20.6 Å². The summed E-state index contributed by atoms with van der Waals surface area (Å²) in [6.45, 7) is 1.06. The molecule has 98 valence electrons. The van der Waals surface area contributed by atoms with E-state index in [1.165, 1.54) is 28.1 Å². The van der Waals surface area contributed by atoms with Crippen LogP contribution < -0.4 is 0 Å². The van der Waals surface area contributed by atoms with Gasteiger partial charge in [0.15, 0.2) is 0 Å². The maximum Gasteiger partial charge on any atom is 0.0523 e. The van der Waals surface area contributed by atoms with Gasteiger partial charge in [-0.25, -0.2) is 0 Å². The molecule has 2 nitrogen and oxygen atoms in total. The molecule has 0 saturated carbocycles. The smallest absolute Gasteiger partial charge is 0.0523 e. The zero-order chi connectivity index (χ0) is 13.2. The van der Waals surface area contributed by atoms with E-state index in [0.717, 1.165) is 19.4 Å². The van der Waals surface area contributed by atoms with Gasteiger partial charge in [-0.1, -0.05) is 12.2 Å². The zero-order valence-electron chi connectivity index (χ0n) is 11.4. The Bertz CT molecular complexity index is 586. The lowest BCUT2D eigenvalue weighted by Crippen LogP contribution is -2.12. The van der Waals surface area contributed by atoms with Crippen LogP contribution >= 0.6 is 11.3 Å². The summed E-state index contributed by atoms with van der Waals surface area (Å²) in [6.07, 6.45) is 8.67. The van der Waals surface area contributed by atoms with Crippen LogP contribution in [0.5, 0.6) is 0 Å². The Morgan fingerprint density at radius 3 is 2.95 bits per heavy atom. The summed E-state index contributed by atoms with van der Waals surface area (Å²) in [6, 6.07) is 2.19. The molecule has 3 heteroatoms. The monoisotopic (exact) mass is 270 g/mol. The maximum atomic E-state index is 4.79. The molecule has 0 atom stereocenters. The van der Waals surface area contributed by atoms with Gasteiger partial charge in [-0.2, -0.15) is 11.3 Å². The summed E-state index contributed by atoms with van der Waals surface area (Å²) in [5.41, 5.74) is 6.47. The van der Waals surface area contributed by atoms with Crippen LogP contribution in [0.2, 0.25) is 0 Å². The molecule has 0 radical (unpaired) electrons. The molecule has 1 aliphatic heterocycles. The minimum absolute atomic E-state index is 0.963. The van der Waals surface area contributed by atoms with Gasteiger partial charge in [0.1, 0.15) is 0 Å². The van der Waals surface area contributed by atoms with Gasteiger partial charge in [0.05, 0.1) is 5.71 Å². The molecule has 1 aromatic rings. The van der Waals surface area contributed by atoms with Crippen molar-refractivity contribution in [2.45, 2.75) is 12.8 Å². The lowest BCUT2D eigenvalue weighted by molar-refractivity contribution is 0.412. The summed E-state index contributed by atoms with van der Waals surface area (Å²) in [7, 11) is 4.20. The Labute approximate surface area is 118 Å². The molecule has 0 saturated heterocycles. The molecule has 0 unspecified atom stereocenters. The summed E-state index contributed by atoms with van der Waals surface area (Å²) in [5, 5.41) is 4.34. The number of allylic oxidation sites excluding steroid dienone is 5. The van der Waals surface area contributed by atoms with E-state index in [-0.39, 0.29) is 0 Å². The molecule has 0 spiro atoms. The largest absolute Gasteiger partial charge is 0.309 e. The average Bonchev–Trinajstić information content (AvgIpc) is 3.04. The van der Waals surface area contributed by atoms with Gasteiger partial charge in [-0.05, 0) is 53.7 Å². The van der Waals surface area contributed by atoms with Crippen molar-refractivity contribution in [1.29, 1.82) is 0 Å². The molecule has 2 heterocycles. The molecule has 2 aliphatic rings. The van der Waals surface area contributed by atoms with E-state index in [9.17, 15) is 0 Å². The van der Waals surface area contributed by atoms with Crippen LogP contribution in [0.25, 0.3) is 5.57 Å². The first kappa shape index (κ1) is 12.6. The first-order chi connectivity index (χ1) is 9.22. The van der Waals surface area contributed by atoms with Crippen LogP contribution in [0.1, 0.15) is 18.4 Å². The Hall–Kier alpha value is -1.45. The first-order valence-corrected chi connectivity index (χ1v) is 7.53. The predicted octanol–water partition coefficient (Wildman–Crippen LogP) is 3.75. The molecule has 19 heavy (non-hydrogen) atoms. The quantitative estimate of drug-likeness (QED) is 0.813. The Balaban J connectivity index is 1.73. The van der Waals surface area contributed by atoms with E-state index >= 15 is 0 Å². The van der Waals surface area contributed by atoms with Gasteiger partial charge >= 0.3 is 0 Å².